The molecule has 0 spiro atoms. The van der Waals surface area contributed by atoms with Gasteiger partial charge in [-0.2, -0.15) is 0 Å². The first-order chi connectivity index (χ1) is 15.2. The SMILES string of the molecule is CCOc1cc(/C=C2\SC(=O)N(CC(N)=O)C2=O)cc(Br)c1OC(=O)c1ccc(Cl)cc1. The van der Waals surface area contributed by atoms with Gasteiger partial charge >= 0.3 is 5.97 Å². The molecule has 1 saturated heterocycles. The Morgan fingerprint density at radius 2 is 1.91 bits per heavy atom. The van der Waals surface area contributed by atoms with Gasteiger partial charge in [0, 0.05) is 5.02 Å². The zero-order valence-electron chi connectivity index (χ0n) is 16.6. The van der Waals surface area contributed by atoms with Gasteiger partial charge in [0.1, 0.15) is 6.54 Å². The molecule has 1 aliphatic heterocycles. The summed E-state index contributed by atoms with van der Waals surface area (Å²) in [6, 6.07) is 9.40. The predicted octanol–water partition coefficient (Wildman–Crippen LogP) is 4.24. The fourth-order valence-corrected chi connectivity index (χ4v) is 4.22. The summed E-state index contributed by atoms with van der Waals surface area (Å²) in [6.45, 7) is 1.56. The van der Waals surface area contributed by atoms with E-state index in [0.29, 0.717) is 32.4 Å². The van der Waals surface area contributed by atoms with Crippen LogP contribution in [0.1, 0.15) is 22.8 Å². The second-order valence-electron chi connectivity index (χ2n) is 6.39. The third kappa shape index (κ3) is 5.50. The van der Waals surface area contributed by atoms with Crippen molar-refractivity contribution in [3.8, 4) is 11.5 Å². The lowest BCUT2D eigenvalue weighted by Gasteiger charge is -2.14. The molecule has 2 aromatic carbocycles. The lowest BCUT2D eigenvalue weighted by Crippen LogP contribution is -2.36. The monoisotopic (exact) mass is 538 g/mol. The van der Waals surface area contributed by atoms with Crippen molar-refractivity contribution in [3.05, 3.63) is 61.9 Å². The van der Waals surface area contributed by atoms with Gasteiger partial charge in [0.2, 0.25) is 5.91 Å². The van der Waals surface area contributed by atoms with Crippen molar-refractivity contribution < 1.29 is 28.7 Å². The van der Waals surface area contributed by atoms with Gasteiger partial charge in [-0.15, -0.1) is 0 Å². The van der Waals surface area contributed by atoms with Gasteiger partial charge in [-0.3, -0.25) is 19.3 Å². The summed E-state index contributed by atoms with van der Waals surface area (Å²) in [6.07, 6.45) is 1.48. The van der Waals surface area contributed by atoms with E-state index in [-0.39, 0.29) is 23.0 Å². The molecule has 1 heterocycles. The number of carbonyl (C=O) groups excluding carboxylic acids is 4. The predicted molar refractivity (Wildman–Crippen MR) is 124 cm³/mol. The minimum atomic E-state index is -0.790. The maximum absolute atomic E-state index is 12.5. The minimum absolute atomic E-state index is 0.122. The highest BCUT2D eigenvalue weighted by molar-refractivity contribution is 9.10. The number of imide groups is 1. The first kappa shape index (κ1) is 23.8. The molecule has 32 heavy (non-hydrogen) atoms. The maximum atomic E-state index is 12.5. The number of primary amides is 1. The number of benzene rings is 2. The molecular weight excluding hydrogens is 524 g/mol. The van der Waals surface area contributed by atoms with Gasteiger partial charge in [-0.05, 0) is 82.7 Å². The van der Waals surface area contributed by atoms with Gasteiger partial charge in [0.15, 0.2) is 11.5 Å². The Morgan fingerprint density at radius 3 is 2.53 bits per heavy atom. The molecule has 0 unspecified atom stereocenters. The third-order valence-corrected chi connectivity index (χ3v) is 5.84. The molecule has 1 fully saturated rings. The number of nitrogens with zero attached hydrogens (tertiary/aromatic N) is 1. The molecule has 0 bridgehead atoms. The number of thioether (sulfide) groups is 1. The fraction of sp³-hybridized carbons (Fsp3) is 0.143. The summed E-state index contributed by atoms with van der Waals surface area (Å²) in [7, 11) is 0. The average Bonchev–Trinajstić information content (AvgIpc) is 2.98. The van der Waals surface area contributed by atoms with E-state index in [9.17, 15) is 19.2 Å². The van der Waals surface area contributed by atoms with Crippen LogP contribution in [-0.2, 0) is 9.59 Å². The lowest BCUT2D eigenvalue weighted by atomic mass is 10.1. The largest absolute Gasteiger partial charge is 0.490 e. The normalized spacial score (nSPS) is 14.7. The molecule has 0 atom stereocenters. The second kappa shape index (κ2) is 10.2. The Bertz CT molecular complexity index is 1140. The maximum Gasteiger partial charge on any atom is 0.343 e. The molecule has 0 aliphatic carbocycles. The van der Waals surface area contributed by atoms with Crippen LogP contribution in [0.3, 0.4) is 0 Å². The van der Waals surface area contributed by atoms with Crippen LogP contribution < -0.4 is 15.2 Å². The van der Waals surface area contributed by atoms with E-state index in [0.717, 1.165) is 4.90 Å². The van der Waals surface area contributed by atoms with Crippen molar-refractivity contribution >= 4 is 68.4 Å². The van der Waals surface area contributed by atoms with Crippen molar-refractivity contribution in [2.75, 3.05) is 13.2 Å². The molecule has 3 rings (SSSR count). The smallest absolute Gasteiger partial charge is 0.343 e. The Kier molecular flexibility index (Phi) is 7.60. The summed E-state index contributed by atoms with van der Waals surface area (Å²) in [4.78, 5) is 49.0. The van der Waals surface area contributed by atoms with Crippen LogP contribution in [0.4, 0.5) is 4.79 Å². The molecular formula is C21H16BrClN2O6S. The number of rotatable bonds is 7. The van der Waals surface area contributed by atoms with E-state index < -0.39 is 29.6 Å². The topological polar surface area (TPSA) is 116 Å². The number of halogens is 2. The summed E-state index contributed by atoms with van der Waals surface area (Å²) in [5, 5.41) is -0.0972. The van der Waals surface area contributed by atoms with Crippen LogP contribution in [0.25, 0.3) is 6.08 Å². The zero-order valence-corrected chi connectivity index (χ0v) is 19.8. The number of esters is 1. The Hall–Kier alpha value is -2.82. The molecule has 0 radical (unpaired) electrons. The number of hydrogen-bond acceptors (Lipinski definition) is 7. The standard InChI is InChI=1S/C21H16BrClN2O6S/c1-2-30-15-8-11(9-16-19(27)25(10-17(24)26)21(29)32-16)7-14(22)18(15)31-20(28)12-3-5-13(23)6-4-12/h3-9H,2,10H2,1H3,(H2,24,26)/b16-9-. The highest BCUT2D eigenvalue weighted by Gasteiger charge is 2.36. The van der Waals surface area contributed by atoms with E-state index in [2.05, 4.69) is 15.9 Å². The first-order valence-electron chi connectivity index (χ1n) is 9.17. The molecule has 0 saturated carbocycles. The number of nitrogens with two attached hydrogens (primary N) is 1. The van der Waals surface area contributed by atoms with Crippen molar-refractivity contribution in [2.45, 2.75) is 6.92 Å². The highest BCUT2D eigenvalue weighted by Crippen LogP contribution is 2.39. The molecule has 0 aromatic heterocycles. The summed E-state index contributed by atoms with van der Waals surface area (Å²) in [5.74, 6) is -1.60. The lowest BCUT2D eigenvalue weighted by molar-refractivity contribution is -0.127. The molecule has 8 nitrogen and oxygen atoms in total. The van der Waals surface area contributed by atoms with E-state index >= 15 is 0 Å². The number of hydrogen-bond donors (Lipinski definition) is 1. The minimum Gasteiger partial charge on any atom is -0.490 e. The average molecular weight is 540 g/mol. The van der Waals surface area contributed by atoms with Gasteiger partial charge < -0.3 is 15.2 Å². The molecule has 3 amide bonds. The summed E-state index contributed by atoms with van der Waals surface area (Å²) >= 11 is 9.91. The fourth-order valence-electron chi connectivity index (χ4n) is 2.71. The van der Waals surface area contributed by atoms with Crippen LogP contribution in [0, 0.1) is 0 Å². The van der Waals surface area contributed by atoms with Gasteiger partial charge in [0.05, 0.1) is 21.5 Å². The molecule has 2 aromatic rings. The quantitative estimate of drug-likeness (QED) is 0.318. The van der Waals surface area contributed by atoms with Crippen LogP contribution in [-0.4, -0.2) is 41.1 Å². The van der Waals surface area contributed by atoms with Crippen LogP contribution >= 0.6 is 39.3 Å². The second-order valence-corrected chi connectivity index (χ2v) is 8.68. The number of amides is 3. The Labute approximate surface area is 200 Å². The van der Waals surface area contributed by atoms with E-state index in [4.69, 9.17) is 26.8 Å². The van der Waals surface area contributed by atoms with Gasteiger partial charge in [-0.1, -0.05) is 11.6 Å². The number of ether oxygens (including phenoxy) is 2. The van der Waals surface area contributed by atoms with Crippen molar-refractivity contribution in [1.82, 2.24) is 4.90 Å². The highest BCUT2D eigenvalue weighted by atomic mass is 79.9. The Balaban J connectivity index is 1.90. The summed E-state index contributed by atoms with van der Waals surface area (Å²) < 4.78 is 11.5. The Morgan fingerprint density at radius 1 is 1.22 bits per heavy atom. The molecule has 1 aliphatic rings. The van der Waals surface area contributed by atoms with E-state index in [1.54, 1.807) is 31.2 Å². The summed E-state index contributed by atoms with van der Waals surface area (Å²) in [5.41, 5.74) is 5.90. The first-order valence-corrected chi connectivity index (χ1v) is 11.2. The number of carbonyl (C=O) groups is 4. The molecule has 166 valence electrons. The van der Waals surface area contributed by atoms with Crippen molar-refractivity contribution in [2.24, 2.45) is 5.73 Å². The molecule has 2 N–H and O–H groups in total. The van der Waals surface area contributed by atoms with Crippen LogP contribution in [0.15, 0.2) is 45.8 Å². The zero-order chi connectivity index (χ0) is 23.4. The molecule has 11 heteroatoms. The van der Waals surface area contributed by atoms with Crippen LogP contribution in [0.2, 0.25) is 5.02 Å². The van der Waals surface area contributed by atoms with Crippen molar-refractivity contribution in [3.63, 3.8) is 0 Å². The van der Waals surface area contributed by atoms with Gasteiger partial charge in [0.25, 0.3) is 11.1 Å². The third-order valence-electron chi connectivity index (χ3n) is 4.09. The van der Waals surface area contributed by atoms with E-state index in [1.807, 2.05) is 0 Å². The van der Waals surface area contributed by atoms with Crippen LogP contribution in [0.5, 0.6) is 11.5 Å². The van der Waals surface area contributed by atoms with E-state index in [1.165, 1.54) is 18.2 Å². The van der Waals surface area contributed by atoms with Gasteiger partial charge in [-0.25, -0.2) is 4.79 Å². The van der Waals surface area contributed by atoms with Crippen molar-refractivity contribution in [1.29, 1.82) is 0 Å².